The minimum Gasteiger partial charge on any atom is -0.464 e. The van der Waals surface area contributed by atoms with Crippen LogP contribution in [0.15, 0.2) is 21.5 Å². The number of carbonyl (C=O) groups is 2. The molecule has 1 atom stereocenters. The van der Waals surface area contributed by atoms with Gasteiger partial charge in [0.05, 0.1) is 11.1 Å². The lowest BCUT2D eigenvalue weighted by molar-refractivity contribution is -0.144. The van der Waals surface area contributed by atoms with Crippen LogP contribution in [0.3, 0.4) is 0 Å². The molecular weight excluding hydrogens is 340 g/mol. The Kier molecular flexibility index (Phi) is 7.31. The molecule has 0 bridgehead atoms. The van der Waals surface area contributed by atoms with Crippen molar-refractivity contribution in [1.29, 1.82) is 0 Å². The largest absolute Gasteiger partial charge is 0.464 e. The molecule has 7 heteroatoms. The fourth-order valence-electron chi connectivity index (χ4n) is 1.62. The predicted octanol–water partition coefficient (Wildman–Crippen LogP) is 1.64. The van der Waals surface area contributed by atoms with Crippen molar-refractivity contribution < 1.29 is 14.3 Å². The average molecular weight is 359 g/mol. The number of ketones is 1. The second-order valence-electron chi connectivity index (χ2n) is 4.48. The first kappa shape index (κ1) is 17.6. The summed E-state index contributed by atoms with van der Waals surface area (Å²) in [6.07, 6.45) is 2.76. The van der Waals surface area contributed by atoms with E-state index in [-0.39, 0.29) is 22.2 Å². The number of esters is 1. The van der Waals surface area contributed by atoms with E-state index in [1.165, 1.54) is 12.3 Å². The van der Waals surface area contributed by atoms with Gasteiger partial charge < -0.3 is 9.72 Å². The number of pyridine rings is 1. The first-order valence-electron chi connectivity index (χ1n) is 6.83. The van der Waals surface area contributed by atoms with Gasteiger partial charge in [0.15, 0.2) is 11.8 Å². The molecule has 0 aliphatic heterocycles. The average Bonchev–Trinajstić information content (AvgIpc) is 2.48. The SMILES string of the molecule is CCCNC(C(=O)OCCC)C(=O)c1c[nH]c(=O)c(Br)c1. The van der Waals surface area contributed by atoms with Gasteiger partial charge in [-0.2, -0.15) is 0 Å². The molecule has 116 valence electrons. The first-order chi connectivity index (χ1) is 10.0. The number of Topliss-reactive ketones (excluding diaryl/α,β-unsaturated/α-hetero) is 1. The lowest BCUT2D eigenvalue weighted by Gasteiger charge is -2.16. The molecule has 1 aromatic rings. The summed E-state index contributed by atoms with van der Waals surface area (Å²) in [6, 6.07) is 0.337. The fraction of sp³-hybridized carbons (Fsp3) is 0.500. The van der Waals surface area contributed by atoms with Gasteiger partial charge in [-0.1, -0.05) is 13.8 Å². The molecule has 21 heavy (non-hydrogen) atoms. The maximum Gasteiger partial charge on any atom is 0.331 e. The zero-order valence-corrected chi connectivity index (χ0v) is 13.7. The summed E-state index contributed by atoms with van der Waals surface area (Å²) < 4.78 is 5.28. The van der Waals surface area contributed by atoms with E-state index in [1.807, 2.05) is 13.8 Å². The molecule has 0 aliphatic carbocycles. The highest BCUT2D eigenvalue weighted by Crippen LogP contribution is 2.09. The zero-order chi connectivity index (χ0) is 15.8. The number of ether oxygens (including phenoxy) is 1. The Bertz CT molecular complexity index is 556. The van der Waals surface area contributed by atoms with Gasteiger partial charge in [0, 0.05) is 11.8 Å². The molecule has 1 rings (SSSR count). The highest BCUT2D eigenvalue weighted by Gasteiger charge is 2.28. The summed E-state index contributed by atoms with van der Waals surface area (Å²) in [5, 5.41) is 2.88. The van der Waals surface area contributed by atoms with Crippen LogP contribution < -0.4 is 10.9 Å². The van der Waals surface area contributed by atoms with E-state index in [4.69, 9.17) is 4.74 Å². The summed E-state index contributed by atoms with van der Waals surface area (Å²) >= 11 is 3.06. The summed E-state index contributed by atoms with van der Waals surface area (Å²) in [6.45, 7) is 4.60. The molecule has 0 amide bonds. The zero-order valence-electron chi connectivity index (χ0n) is 12.1. The lowest BCUT2D eigenvalue weighted by Crippen LogP contribution is -2.45. The van der Waals surface area contributed by atoms with Crippen molar-refractivity contribution in [3.8, 4) is 0 Å². The van der Waals surface area contributed by atoms with Crippen molar-refractivity contribution in [2.45, 2.75) is 32.7 Å². The maximum absolute atomic E-state index is 12.4. The Labute approximate surface area is 131 Å². The number of hydrogen-bond donors (Lipinski definition) is 2. The molecule has 2 N–H and O–H groups in total. The number of rotatable bonds is 8. The van der Waals surface area contributed by atoms with E-state index in [2.05, 4.69) is 26.2 Å². The van der Waals surface area contributed by atoms with Crippen molar-refractivity contribution >= 4 is 27.7 Å². The third-order valence-electron chi connectivity index (χ3n) is 2.69. The summed E-state index contributed by atoms with van der Waals surface area (Å²) in [4.78, 5) is 38.1. The maximum atomic E-state index is 12.4. The molecule has 0 aromatic carbocycles. The molecule has 0 saturated carbocycles. The van der Waals surface area contributed by atoms with E-state index >= 15 is 0 Å². The summed E-state index contributed by atoms with van der Waals surface area (Å²) in [7, 11) is 0. The number of H-pyrrole nitrogens is 1. The Hall–Kier alpha value is -1.47. The van der Waals surface area contributed by atoms with Crippen LogP contribution in [0.5, 0.6) is 0 Å². The molecule has 0 saturated heterocycles. The van der Waals surface area contributed by atoms with Crippen molar-refractivity contribution in [3.05, 3.63) is 32.7 Å². The van der Waals surface area contributed by atoms with E-state index < -0.39 is 17.8 Å². The van der Waals surface area contributed by atoms with Gasteiger partial charge in [-0.3, -0.25) is 14.9 Å². The molecule has 1 heterocycles. The Morgan fingerprint density at radius 1 is 1.38 bits per heavy atom. The van der Waals surface area contributed by atoms with Crippen molar-refractivity contribution in [2.24, 2.45) is 0 Å². The topological polar surface area (TPSA) is 88.3 Å². The van der Waals surface area contributed by atoms with Gasteiger partial charge in [0.1, 0.15) is 0 Å². The van der Waals surface area contributed by atoms with Crippen LogP contribution in [-0.4, -0.2) is 35.9 Å². The highest BCUT2D eigenvalue weighted by atomic mass is 79.9. The third kappa shape index (κ3) is 5.09. The summed E-state index contributed by atoms with van der Waals surface area (Å²) in [5.41, 5.74) is -0.0956. The van der Waals surface area contributed by atoms with Gasteiger partial charge in [-0.25, -0.2) is 4.79 Å². The number of halogens is 1. The van der Waals surface area contributed by atoms with Crippen LogP contribution in [0.4, 0.5) is 0 Å². The van der Waals surface area contributed by atoms with Gasteiger partial charge in [0.25, 0.3) is 5.56 Å². The lowest BCUT2D eigenvalue weighted by atomic mass is 10.1. The Morgan fingerprint density at radius 2 is 2.10 bits per heavy atom. The van der Waals surface area contributed by atoms with Crippen LogP contribution in [0.25, 0.3) is 0 Å². The predicted molar refractivity (Wildman–Crippen MR) is 82.4 cm³/mol. The molecule has 0 aliphatic rings. The van der Waals surface area contributed by atoms with E-state index in [0.29, 0.717) is 13.0 Å². The standard InChI is InChI=1S/C14H19BrN2O4/c1-3-5-16-11(14(20)21-6-4-2)12(18)9-7-10(15)13(19)17-8-9/h7-8,11,16H,3-6H2,1-2H3,(H,17,19). The molecule has 0 fully saturated rings. The molecule has 0 radical (unpaired) electrons. The molecule has 1 aromatic heterocycles. The molecular formula is C14H19BrN2O4. The van der Waals surface area contributed by atoms with Crippen molar-refractivity contribution in [1.82, 2.24) is 10.3 Å². The molecule has 6 nitrogen and oxygen atoms in total. The van der Waals surface area contributed by atoms with Crippen molar-refractivity contribution in [3.63, 3.8) is 0 Å². The Balaban J connectivity index is 2.95. The van der Waals surface area contributed by atoms with E-state index in [1.54, 1.807) is 0 Å². The van der Waals surface area contributed by atoms with Crippen LogP contribution >= 0.6 is 15.9 Å². The fourth-order valence-corrected chi connectivity index (χ4v) is 1.98. The minimum atomic E-state index is -1.06. The van der Waals surface area contributed by atoms with Gasteiger partial charge >= 0.3 is 5.97 Å². The van der Waals surface area contributed by atoms with Crippen LogP contribution in [0.1, 0.15) is 37.0 Å². The van der Waals surface area contributed by atoms with Gasteiger partial charge in [-0.05, 0) is 41.4 Å². The third-order valence-corrected chi connectivity index (χ3v) is 3.28. The quantitative estimate of drug-likeness (QED) is 0.419. The summed E-state index contributed by atoms with van der Waals surface area (Å²) in [5.74, 6) is -1.03. The molecule has 0 spiro atoms. The smallest absolute Gasteiger partial charge is 0.331 e. The first-order valence-corrected chi connectivity index (χ1v) is 7.63. The van der Waals surface area contributed by atoms with Crippen LogP contribution in [-0.2, 0) is 9.53 Å². The Morgan fingerprint density at radius 3 is 2.67 bits per heavy atom. The normalized spacial score (nSPS) is 12.0. The molecule has 1 unspecified atom stereocenters. The highest BCUT2D eigenvalue weighted by molar-refractivity contribution is 9.10. The number of nitrogens with one attached hydrogen (secondary N) is 2. The monoisotopic (exact) mass is 358 g/mol. The van der Waals surface area contributed by atoms with E-state index in [0.717, 1.165) is 6.42 Å². The number of carbonyl (C=O) groups excluding carboxylic acids is 2. The second-order valence-corrected chi connectivity index (χ2v) is 5.34. The van der Waals surface area contributed by atoms with Crippen LogP contribution in [0, 0.1) is 0 Å². The van der Waals surface area contributed by atoms with Gasteiger partial charge in [-0.15, -0.1) is 0 Å². The van der Waals surface area contributed by atoms with Crippen LogP contribution in [0.2, 0.25) is 0 Å². The van der Waals surface area contributed by atoms with E-state index in [9.17, 15) is 14.4 Å². The number of aromatic nitrogens is 1. The number of hydrogen-bond acceptors (Lipinski definition) is 5. The number of aromatic amines is 1. The van der Waals surface area contributed by atoms with Crippen molar-refractivity contribution in [2.75, 3.05) is 13.2 Å². The van der Waals surface area contributed by atoms with Gasteiger partial charge in [0.2, 0.25) is 0 Å². The second kappa shape index (κ2) is 8.74. The minimum absolute atomic E-state index is 0.239.